The predicted molar refractivity (Wildman–Crippen MR) is 73.9 cm³/mol. The maximum atomic E-state index is 5.96. The third-order valence-electron chi connectivity index (χ3n) is 2.89. The van der Waals surface area contributed by atoms with Crippen LogP contribution in [0.5, 0.6) is 0 Å². The first-order valence-electron chi connectivity index (χ1n) is 5.47. The molecule has 16 heavy (non-hydrogen) atoms. The molecule has 1 aromatic carbocycles. The highest BCUT2D eigenvalue weighted by Gasteiger charge is 2.16. The van der Waals surface area contributed by atoms with E-state index in [1.165, 1.54) is 29.4 Å². The molecule has 90 valence electrons. The van der Waals surface area contributed by atoms with Crippen molar-refractivity contribution in [3.63, 3.8) is 0 Å². The van der Waals surface area contributed by atoms with Crippen LogP contribution in [0.3, 0.4) is 0 Å². The van der Waals surface area contributed by atoms with E-state index >= 15 is 0 Å². The van der Waals surface area contributed by atoms with Crippen molar-refractivity contribution in [3.8, 4) is 0 Å². The van der Waals surface area contributed by atoms with E-state index in [1.54, 1.807) is 0 Å². The van der Waals surface area contributed by atoms with Crippen molar-refractivity contribution in [3.05, 3.63) is 34.3 Å². The maximum Gasteiger partial charge on any atom is 0.0245 e. The van der Waals surface area contributed by atoms with Gasteiger partial charge >= 0.3 is 0 Å². The summed E-state index contributed by atoms with van der Waals surface area (Å²) in [5, 5.41) is 0. The Morgan fingerprint density at radius 1 is 1.38 bits per heavy atom. The molecule has 2 N–H and O–H groups in total. The maximum absolute atomic E-state index is 5.96. The lowest BCUT2D eigenvalue weighted by Crippen LogP contribution is -2.42. The standard InChI is InChI=1S/C12H17BrN2.ClH/c13-12-6-2-1-4-10(12)8-15-7-3-5-11(14)9-15;/h1-2,4,6,11H,3,5,7-9,14H2;1H. The Hall–Kier alpha value is -0.0900. The van der Waals surface area contributed by atoms with E-state index in [1.807, 2.05) is 0 Å². The molecule has 0 aliphatic carbocycles. The molecule has 1 unspecified atom stereocenters. The highest BCUT2D eigenvalue weighted by atomic mass is 79.9. The van der Waals surface area contributed by atoms with Crippen LogP contribution < -0.4 is 5.73 Å². The number of halogens is 2. The van der Waals surface area contributed by atoms with Crippen molar-refractivity contribution in [2.45, 2.75) is 25.4 Å². The number of rotatable bonds is 2. The summed E-state index contributed by atoms with van der Waals surface area (Å²) in [4.78, 5) is 2.44. The normalized spacial score (nSPS) is 21.5. The minimum atomic E-state index is 0. The van der Waals surface area contributed by atoms with Gasteiger partial charge in [0.2, 0.25) is 0 Å². The van der Waals surface area contributed by atoms with Gasteiger partial charge in [-0.3, -0.25) is 4.90 Å². The summed E-state index contributed by atoms with van der Waals surface area (Å²) >= 11 is 3.58. The summed E-state index contributed by atoms with van der Waals surface area (Å²) in [5.74, 6) is 0. The molecule has 1 aromatic rings. The number of nitrogens with zero attached hydrogens (tertiary/aromatic N) is 1. The van der Waals surface area contributed by atoms with Gasteiger partial charge in [-0.15, -0.1) is 12.4 Å². The van der Waals surface area contributed by atoms with Gasteiger partial charge < -0.3 is 5.73 Å². The Morgan fingerprint density at radius 2 is 2.12 bits per heavy atom. The van der Waals surface area contributed by atoms with Crippen LogP contribution in [0.2, 0.25) is 0 Å². The largest absolute Gasteiger partial charge is 0.327 e. The second-order valence-electron chi connectivity index (χ2n) is 4.23. The SMILES string of the molecule is Cl.NC1CCCN(Cc2ccccc2Br)C1. The molecule has 0 spiro atoms. The van der Waals surface area contributed by atoms with Gasteiger partial charge in [0.05, 0.1) is 0 Å². The molecular formula is C12H18BrClN2. The summed E-state index contributed by atoms with van der Waals surface area (Å²) in [7, 11) is 0. The van der Waals surface area contributed by atoms with Crippen LogP contribution in [0.1, 0.15) is 18.4 Å². The van der Waals surface area contributed by atoms with Gasteiger partial charge in [-0.1, -0.05) is 34.1 Å². The third-order valence-corrected chi connectivity index (χ3v) is 3.67. The first kappa shape index (κ1) is 14.0. The van der Waals surface area contributed by atoms with Gasteiger partial charge in [-0.2, -0.15) is 0 Å². The topological polar surface area (TPSA) is 29.3 Å². The van der Waals surface area contributed by atoms with Crippen molar-refractivity contribution in [1.82, 2.24) is 4.90 Å². The lowest BCUT2D eigenvalue weighted by Gasteiger charge is -2.30. The van der Waals surface area contributed by atoms with Crippen molar-refractivity contribution < 1.29 is 0 Å². The average Bonchev–Trinajstić information content (AvgIpc) is 2.22. The minimum absolute atomic E-state index is 0. The Labute approximate surface area is 112 Å². The van der Waals surface area contributed by atoms with Gasteiger partial charge in [0.1, 0.15) is 0 Å². The van der Waals surface area contributed by atoms with Crippen LogP contribution in [0, 0.1) is 0 Å². The highest BCUT2D eigenvalue weighted by Crippen LogP contribution is 2.19. The molecule has 1 atom stereocenters. The van der Waals surface area contributed by atoms with Crippen LogP contribution >= 0.6 is 28.3 Å². The molecular weight excluding hydrogens is 288 g/mol. The molecule has 1 aliphatic heterocycles. The third kappa shape index (κ3) is 3.74. The first-order chi connectivity index (χ1) is 7.25. The molecule has 0 aromatic heterocycles. The molecule has 1 aliphatic rings. The van der Waals surface area contributed by atoms with Gasteiger partial charge in [-0.05, 0) is 31.0 Å². The molecule has 1 fully saturated rings. The van der Waals surface area contributed by atoms with E-state index in [2.05, 4.69) is 45.1 Å². The number of benzene rings is 1. The predicted octanol–water partition coefficient (Wildman–Crippen LogP) is 2.79. The fraction of sp³-hybridized carbons (Fsp3) is 0.500. The molecule has 0 saturated carbocycles. The summed E-state index contributed by atoms with van der Waals surface area (Å²) in [6.07, 6.45) is 2.40. The van der Waals surface area contributed by atoms with Crippen molar-refractivity contribution in [2.75, 3.05) is 13.1 Å². The average molecular weight is 306 g/mol. The van der Waals surface area contributed by atoms with E-state index in [9.17, 15) is 0 Å². The second-order valence-corrected chi connectivity index (χ2v) is 5.08. The van der Waals surface area contributed by atoms with Crippen LogP contribution in [0.15, 0.2) is 28.7 Å². The Morgan fingerprint density at radius 3 is 2.81 bits per heavy atom. The minimum Gasteiger partial charge on any atom is -0.327 e. The zero-order valence-corrected chi connectivity index (χ0v) is 11.6. The lowest BCUT2D eigenvalue weighted by atomic mass is 10.1. The van der Waals surface area contributed by atoms with Gasteiger partial charge in [0.25, 0.3) is 0 Å². The van der Waals surface area contributed by atoms with Crippen molar-refractivity contribution in [2.24, 2.45) is 5.73 Å². The Balaban J connectivity index is 0.00000128. The molecule has 0 amide bonds. The zero-order chi connectivity index (χ0) is 10.7. The van der Waals surface area contributed by atoms with Crippen molar-refractivity contribution >= 4 is 28.3 Å². The monoisotopic (exact) mass is 304 g/mol. The second kappa shape index (κ2) is 6.60. The molecule has 4 heteroatoms. The quantitative estimate of drug-likeness (QED) is 0.910. The summed E-state index contributed by atoms with van der Waals surface area (Å²) in [5.41, 5.74) is 7.32. The zero-order valence-electron chi connectivity index (χ0n) is 9.23. The van der Waals surface area contributed by atoms with E-state index in [0.29, 0.717) is 6.04 Å². The van der Waals surface area contributed by atoms with Crippen LogP contribution in [-0.2, 0) is 6.54 Å². The van der Waals surface area contributed by atoms with E-state index in [4.69, 9.17) is 5.73 Å². The molecule has 1 saturated heterocycles. The summed E-state index contributed by atoms with van der Waals surface area (Å²) in [6, 6.07) is 8.77. The number of likely N-dealkylation sites (tertiary alicyclic amines) is 1. The first-order valence-corrected chi connectivity index (χ1v) is 6.26. The number of hydrogen-bond acceptors (Lipinski definition) is 2. The van der Waals surface area contributed by atoms with Crippen LogP contribution in [0.4, 0.5) is 0 Å². The molecule has 1 heterocycles. The fourth-order valence-electron chi connectivity index (χ4n) is 2.10. The lowest BCUT2D eigenvalue weighted by molar-refractivity contribution is 0.201. The molecule has 0 radical (unpaired) electrons. The van der Waals surface area contributed by atoms with Gasteiger partial charge in [0.15, 0.2) is 0 Å². The van der Waals surface area contributed by atoms with Crippen LogP contribution in [-0.4, -0.2) is 24.0 Å². The van der Waals surface area contributed by atoms with Crippen LogP contribution in [0.25, 0.3) is 0 Å². The van der Waals surface area contributed by atoms with Gasteiger partial charge in [-0.25, -0.2) is 0 Å². The molecule has 0 bridgehead atoms. The summed E-state index contributed by atoms with van der Waals surface area (Å²) < 4.78 is 1.20. The highest BCUT2D eigenvalue weighted by molar-refractivity contribution is 9.10. The summed E-state index contributed by atoms with van der Waals surface area (Å²) in [6.45, 7) is 3.21. The van der Waals surface area contributed by atoms with Crippen molar-refractivity contribution in [1.29, 1.82) is 0 Å². The Kier molecular flexibility index (Phi) is 5.76. The molecule has 2 nitrogen and oxygen atoms in total. The number of piperidine rings is 1. The van der Waals surface area contributed by atoms with E-state index in [0.717, 1.165) is 13.1 Å². The van der Waals surface area contributed by atoms with Gasteiger partial charge in [0, 0.05) is 23.6 Å². The molecule has 2 rings (SSSR count). The van der Waals surface area contributed by atoms with E-state index in [-0.39, 0.29) is 12.4 Å². The fourth-order valence-corrected chi connectivity index (χ4v) is 2.51. The number of hydrogen-bond donors (Lipinski definition) is 1. The Bertz CT molecular complexity index is 333. The smallest absolute Gasteiger partial charge is 0.0245 e. The number of nitrogens with two attached hydrogens (primary N) is 1. The van der Waals surface area contributed by atoms with E-state index < -0.39 is 0 Å².